The van der Waals surface area contributed by atoms with Crippen molar-refractivity contribution < 1.29 is 0 Å². The predicted octanol–water partition coefficient (Wildman–Crippen LogP) is 1.54. The molecule has 2 fully saturated rings. The largest absolute Gasteiger partial charge is 0.310 e. The fraction of sp³-hybridized carbons (Fsp3) is 1.00. The van der Waals surface area contributed by atoms with E-state index >= 15 is 0 Å². The van der Waals surface area contributed by atoms with Crippen molar-refractivity contribution in [2.75, 3.05) is 39.8 Å². The highest BCUT2D eigenvalue weighted by atomic mass is 15.3. The Morgan fingerprint density at radius 3 is 2.71 bits per heavy atom. The second-order valence-electron chi connectivity index (χ2n) is 5.94. The van der Waals surface area contributed by atoms with Gasteiger partial charge in [0.05, 0.1) is 0 Å². The van der Waals surface area contributed by atoms with E-state index in [1.165, 1.54) is 58.4 Å². The van der Waals surface area contributed by atoms with E-state index in [0.717, 1.165) is 6.04 Å². The van der Waals surface area contributed by atoms with Crippen molar-refractivity contribution in [3.63, 3.8) is 0 Å². The third-order valence-electron chi connectivity index (χ3n) is 4.87. The minimum atomic E-state index is 0.425. The highest BCUT2D eigenvalue weighted by molar-refractivity contribution is 4.96. The maximum atomic E-state index is 3.76. The first-order valence-electron chi connectivity index (χ1n) is 7.37. The fourth-order valence-corrected chi connectivity index (χ4v) is 3.44. The van der Waals surface area contributed by atoms with Gasteiger partial charge >= 0.3 is 0 Å². The summed E-state index contributed by atoms with van der Waals surface area (Å²) in [7, 11) is 2.27. The number of likely N-dealkylation sites (N-methyl/N-ethyl adjacent to an activating group) is 1. The van der Waals surface area contributed by atoms with Crippen molar-refractivity contribution in [3.8, 4) is 0 Å². The third-order valence-corrected chi connectivity index (χ3v) is 4.87. The molecule has 0 bridgehead atoms. The Balaban J connectivity index is 1.90. The molecular weight excluding hydrogens is 210 g/mol. The van der Waals surface area contributed by atoms with Gasteiger partial charge in [0.15, 0.2) is 0 Å². The lowest BCUT2D eigenvalue weighted by Crippen LogP contribution is -2.57. The summed E-state index contributed by atoms with van der Waals surface area (Å²) < 4.78 is 0. The molecule has 2 rings (SSSR count). The molecule has 2 aliphatic heterocycles. The number of hydrogen-bond donors (Lipinski definition) is 1. The third kappa shape index (κ3) is 3.01. The molecular formula is C14H29N3. The molecule has 2 atom stereocenters. The molecule has 0 amide bonds. The molecule has 3 nitrogen and oxygen atoms in total. The van der Waals surface area contributed by atoms with Gasteiger partial charge in [0.1, 0.15) is 0 Å². The first-order chi connectivity index (χ1) is 8.19. The summed E-state index contributed by atoms with van der Waals surface area (Å²) in [4.78, 5) is 5.22. The van der Waals surface area contributed by atoms with Gasteiger partial charge < -0.3 is 10.2 Å². The standard InChI is InChI=1S/C14H29N3/c1-4-13-11-17(10-9-16(13)3)12-14(5-2)7-6-8-15-14/h13,15H,4-12H2,1-3H3. The molecule has 0 aromatic heterocycles. The molecule has 2 heterocycles. The quantitative estimate of drug-likeness (QED) is 0.803. The SMILES string of the molecule is CCC1CN(CC2(CC)CCCN2)CCN1C. The first-order valence-corrected chi connectivity index (χ1v) is 7.37. The van der Waals surface area contributed by atoms with Crippen LogP contribution in [0.1, 0.15) is 39.5 Å². The lowest BCUT2D eigenvalue weighted by atomic mass is 9.93. The number of nitrogens with one attached hydrogen (secondary N) is 1. The number of rotatable bonds is 4. The zero-order valence-electron chi connectivity index (χ0n) is 11.8. The van der Waals surface area contributed by atoms with Crippen molar-refractivity contribution in [3.05, 3.63) is 0 Å². The Kier molecular flexibility index (Phi) is 4.45. The molecule has 3 heteroatoms. The molecule has 17 heavy (non-hydrogen) atoms. The van der Waals surface area contributed by atoms with E-state index in [2.05, 4.69) is 36.0 Å². The van der Waals surface area contributed by atoms with Crippen LogP contribution >= 0.6 is 0 Å². The van der Waals surface area contributed by atoms with Crippen molar-refractivity contribution in [1.29, 1.82) is 0 Å². The van der Waals surface area contributed by atoms with Crippen molar-refractivity contribution in [2.45, 2.75) is 51.1 Å². The lowest BCUT2D eigenvalue weighted by molar-refractivity contribution is 0.0712. The van der Waals surface area contributed by atoms with Gasteiger partial charge in [-0.05, 0) is 39.3 Å². The number of nitrogens with zero attached hydrogens (tertiary/aromatic N) is 2. The van der Waals surface area contributed by atoms with Crippen LogP contribution in [0.15, 0.2) is 0 Å². The predicted molar refractivity (Wildman–Crippen MR) is 73.4 cm³/mol. The monoisotopic (exact) mass is 239 g/mol. The van der Waals surface area contributed by atoms with Gasteiger partial charge in [0.25, 0.3) is 0 Å². The van der Waals surface area contributed by atoms with E-state index < -0.39 is 0 Å². The van der Waals surface area contributed by atoms with Crippen molar-refractivity contribution in [2.24, 2.45) is 0 Å². The number of piperazine rings is 1. The summed E-state index contributed by atoms with van der Waals surface area (Å²) in [5.74, 6) is 0. The molecule has 2 saturated heterocycles. The normalized spacial score (nSPS) is 36.5. The van der Waals surface area contributed by atoms with Crippen molar-refractivity contribution in [1.82, 2.24) is 15.1 Å². The molecule has 2 aliphatic rings. The van der Waals surface area contributed by atoms with Crippen LogP contribution in [-0.4, -0.2) is 61.2 Å². The second-order valence-corrected chi connectivity index (χ2v) is 5.94. The van der Waals surface area contributed by atoms with Crippen LogP contribution in [0, 0.1) is 0 Å². The average Bonchev–Trinajstić information content (AvgIpc) is 2.81. The van der Waals surface area contributed by atoms with Gasteiger partial charge in [-0.15, -0.1) is 0 Å². The zero-order chi connectivity index (χ0) is 12.3. The van der Waals surface area contributed by atoms with E-state index in [4.69, 9.17) is 0 Å². The molecule has 100 valence electrons. The summed E-state index contributed by atoms with van der Waals surface area (Å²) in [6.45, 7) is 10.9. The Morgan fingerprint density at radius 2 is 2.12 bits per heavy atom. The van der Waals surface area contributed by atoms with E-state index in [9.17, 15) is 0 Å². The number of hydrogen-bond acceptors (Lipinski definition) is 3. The maximum absolute atomic E-state index is 3.76. The molecule has 0 aromatic carbocycles. The van der Waals surface area contributed by atoms with Crippen LogP contribution in [0.4, 0.5) is 0 Å². The van der Waals surface area contributed by atoms with E-state index in [0.29, 0.717) is 5.54 Å². The molecule has 1 N–H and O–H groups in total. The van der Waals surface area contributed by atoms with Gasteiger partial charge in [-0.1, -0.05) is 13.8 Å². The van der Waals surface area contributed by atoms with Crippen molar-refractivity contribution >= 4 is 0 Å². The van der Waals surface area contributed by atoms with Gasteiger partial charge in [-0.3, -0.25) is 4.90 Å². The minimum Gasteiger partial charge on any atom is -0.310 e. The van der Waals surface area contributed by atoms with Crippen LogP contribution < -0.4 is 5.32 Å². The van der Waals surface area contributed by atoms with Crippen LogP contribution in [-0.2, 0) is 0 Å². The maximum Gasteiger partial charge on any atom is 0.0306 e. The molecule has 0 saturated carbocycles. The molecule has 0 spiro atoms. The van der Waals surface area contributed by atoms with E-state index in [1.54, 1.807) is 0 Å². The lowest BCUT2D eigenvalue weighted by Gasteiger charge is -2.43. The summed E-state index contributed by atoms with van der Waals surface area (Å²) in [5.41, 5.74) is 0.425. The highest BCUT2D eigenvalue weighted by Crippen LogP contribution is 2.25. The van der Waals surface area contributed by atoms with Gasteiger partial charge in [-0.25, -0.2) is 0 Å². The summed E-state index contributed by atoms with van der Waals surface area (Å²) in [5, 5.41) is 3.76. The Labute approximate surface area is 107 Å². The van der Waals surface area contributed by atoms with Crippen LogP contribution in [0.25, 0.3) is 0 Å². The summed E-state index contributed by atoms with van der Waals surface area (Å²) in [6, 6.07) is 0.763. The molecule has 0 radical (unpaired) electrons. The Morgan fingerprint density at radius 1 is 1.29 bits per heavy atom. The van der Waals surface area contributed by atoms with E-state index in [-0.39, 0.29) is 0 Å². The topological polar surface area (TPSA) is 18.5 Å². The van der Waals surface area contributed by atoms with Crippen LogP contribution in [0.5, 0.6) is 0 Å². The Hall–Kier alpha value is -0.120. The molecule has 2 unspecified atom stereocenters. The van der Waals surface area contributed by atoms with Crippen LogP contribution in [0.2, 0.25) is 0 Å². The van der Waals surface area contributed by atoms with Gasteiger partial charge in [0.2, 0.25) is 0 Å². The van der Waals surface area contributed by atoms with Gasteiger partial charge in [0, 0.05) is 37.8 Å². The smallest absolute Gasteiger partial charge is 0.0306 e. The second kappa shape index (κ2) is 5.68. The van der Waals surface area contributed by atoms with Gasteiger partial charge in [-0.2, -0.15) is 0 Å². The minimum absolute atomic E-state index is 0.425. The summed E-state index contributed by atoms with van der Waals surface area (Å²) >= 11 is 0. The average molecular weight is 239 g/mol. The van der Waals surface area contributed by atoms with Crippen LogP contribution in [0.3, 0.4) is 0 Å². The molecule has 0 aliphatic carbocycles. The summed E-state index contributed by atoms with van der Waals surface area (Å²) in [6.07, 6.45) is 5.28. The Bertz CT molecular complexity index is 236. The van der Waals surface area contributed by atoms with E-state index in [1.807, 2.05) is 0 Å². The fourth-order valence-electron chi connectivity index (χ4n) is 3.44. The highest BCUT2D eigenvalue weighted by Gasteiger charge is 2.35. The molecule has 0 aromatic rings. The zero-order valence-corrected chi connectivity index (χ0v) is 11.8. The first kappa shape index (κ1) is 13.3.